The largest absolute Gasteiger partial charge is 0.338 e. The fraction of sp³-hybridized carbons (Fsp3) is 0.304. The van der Waals surface area contributed by atoms with Crippen molar-refractivity contribution < 1.29 is 4.79 Å². The Balaban J connectivity index is 1.21. The van der Waals surface area contributed by atoms with Crippen LogP contribution < -0.4 is 5.32 Å². The highest BCUT2D eigenvalue weighted by Gasteiger charge is 2.21. The van der Waals surface area contributed by atoms with E-state index in [4.69, 9.17) is 16.6 Å². The molecule has 2 amide bonds. The minimum absolute atomic E-state index is 0.0317. The van der Waals surface area contributed by atoms with E-state index in [0.717, 1.165) is 60.4 Å². The monoisotopic (exact) mass is 440 g/mol. The van der Waals surface area contributed by atoms with Gasteiger partial charge in [0.2, 0.25) is 0 Å². The lowest BCUT2D eigenvalue weighted by atomic mass is 10.1. The van der Waals surface area contributed by atoms with Gasteiger partial charge in [0.25, 0.3) is 0 Å². The second-order valence-corrected chi connectivity index (χ2v) is 8.68. The van der Waals surface area contributed by atoms with Gasteiger partial charge in [0.05, 0.1) is 5.69 Å². The molecule has 4 rings (SSSR count). The number of piperazine rings is 1. The van der Waals surface area contributed by atoms with Crippen LogP contribution >= 0.6 is 22.9 Å². The third kappa shape index (κ3) is 5.59. The van der Waals surface area contributed by atoms with Gasteiger partial charge in [0, 0.05) is 55.2 Å². The molecule has 0 radical (unpaired) electrons. The Bertz CT molecular complexity index is 953. The number of carbonyl (C=O) groups is 1. The van der Waals surface area contributed by atoms with E-state index in [1.807, 2.05) is 47.4 Å². The lowest BCUT2D eigenvalue weighted by Gasteiger charge is -2.34. The first kappa shape index (κ1) is 20.8. The van der Waals surface area contributed by atoms with Crippen LogP contribution in [0.15, 0.2) is 60.0 Å². The number of aromatic nitrogens is 1. The molecule has 30 heavy (non-hydrogen) atoms. The van der Waals surface area contributed by atoms with Gasteiger partial charge >= 0.3 is 6.03 Å². The smallest absolute Gasteiger partial charge is 0.317 e. The van der Waals surface area contributed by atoms with Crippen molar-refractivity contribution >= 4 is 29.0 Å². The quantitative estimate of drug-likeness (QED) is 0.612. The molecule has 1 N–H and O–H groups in total. The summed E-state index contributed by atoms with van der Waals surface area (Å²) in [4.78, 5) is 21.4. The number of hydrogen-bond donors (Lipinski definition) is 1. The molecule has 7 heteroatoms. The van der Waals surface area contributed by atoms with Crippen LogP contribution in [0.1, 0.15) is 11.3 Å². The zero-order chi connectivity index (χ0) is 20.8. The van der Waals surface area contributed by atoms with E-state index in [1.165, 1.54) is 5.56 Å². The highest BCUT2D eigenvalue weighted by atomic mass is 35.5. The summed E-state index contributed by atoms with van der Waals surface area (Å²) in [5.41, 5.74) is 3.40. The first-order valence-electron chi connectivity index (χ1n) is 10.2. The third-order valence-corrected chi connectivity index (χ3v) is 6.41. The highest BCUT2D eigenvalue weighted by molar-refractivity contribution is 7.13. The predicted molar refractivity (Wildman–Crippen MR) is 123 cm³/mol. The van der Waals surface area contributed by atoms with Crippen LogP contribution in [0.5, 0.6) is 0 Å². The standard InChI is InChI=1S/C23H25ClN4OS/c24-20-8-6-19(7-9-20)22-26-21(17-30-22)16-27-12-14-28(15-13-27)23(29)25-11-10-18-4-2-1-3-5-18/h1-9,17H,10-16H2,(H,25,29). The van der Waals surface area contributed by atoms with Gasteiger partial charge in [0.1, 0.15) is 5.01 Å². The van der Waals surface area contributed by atoms with Crippen molar-refractivity contribution in [1.29, 1.82) is 0 Å². The number of halogens is 1. The second-order valence-electron chi connectivity index (χ2n) is 7.38. The molecular formula is C23H25ClN4OS. The number of nitrogens with one attached hydrogen (secondary N) is 1. The van der Waals surface area contributed by atoms with E-state index in [-0.39, 0.29) is 6.03 Å². The van der Waals surface area contributed by atoms with Gasteiger partial charge in [-0.25, -0.2) is 9.78 Å². The number of urea groups is 1. The molecule has 1 saturated heterocycles. The zero-order valence-corrected chi connectivity index (χ0v) is 18.3. The lowest BCUT2D eigenvalue weighted by molar-refractivity contribution is 0.134. The maximum absolute atomic E-state index is 12.4. The maximum atomic E-state index is 12.4. The van der Waals surface area contributed by atoms with Crippen LogP contribution in [-0.2, 0) is 13.0 Å². The summed E-state index contributed by atoms with van der Waals surface area (Å²) in [5, 5.41) is 6.90. The molecule has 5 nitrogen and oxygen atoms in total. The number of carbonyl (C=O) groups excluding carboxylic acids is 1. The fourth-order valence-electron chi connectivity index (χ4n) is 3.51. The Morgan fingerprint density at radius 1 is 1.03 bits per heavy atom. The zero-order valence-electron chi connectivity index (χ0n) is 16.8. The van der Waals surface area contributed by atoms with Crippen molar-refractivity contribution in [3.8, 4) is 10.6 Å². The third-order valence-electron chi connectivity index (χ3n) is 5.22. The summed E-state index contributed by atoms with van der Waals surface area (Å²) in [6.07, 6.45) is 0.853. The average molecular weight is 441 g/mol. The normalized spacial score (nSPS) is 14.6. The van der Waals surface area contributed by atoms with Gasteiger partial charge in [0.15, 0.2) is 0 Å². The van der Waals surface area contributed by atoms with Gasteiger partial charge in [-0.1, -0.05) is 54.1 Å². The summed E-state index contributed by atoms with van der Waals surface area (Å²) in [6, 6.07) is 18.0. The van der Waals surface area contributed by atoms with E-state index in [0.29, 0.717) is 6.54 Å². The molecule has 0 spiro atoms. The molecule has 156 valence electrons. The average Bonchev–Trinajstić information content (AvgIpc) is 3.24. The minimum atomic E-state index is 0.0317. The number of thiazole rings is 1. The molecule has 1 aliphatic rings. The Morgan fingerprint density at radius 3 is 2.50 bits per heavy atom. The van der Waals surface area contributed by atoms with Crippen molar-refractivity contribution in [3.63, 3.8) is 0 Å². The van der Waals surface area contributed by atoms with Gasteiger partial charge < -0.3 is 10.2 Å². The van der Waals surface area contributed by atoms with Gasteiger partial charge in [-0.05, 0) is 24.1 Å². The minimum Gasteiger partial charge on any atom is -0.338 e. The van der Waals surface area contributed by atoms with Crippen molar-refractivity contribution in [2.75, 3.05) is 32.7 Å². The predicted octanol–water partition coefficient (Wildman–Crippen LogP) is 4.53. The number of rotatable bonds is 6. The molecule has 0 saturated carbocycles. The van der Waals surface area contributed by atoms with Crippen LogP contribution in [0.3, 0.4) is 0 Å². The van der Waals surface area contributed by atoms with E-state index >= 15 is 0 Å². The Hall–Kier alpha value is -2.41. The summed E-state index contributed by atoms with van der Waals surface area (Å²) in [6.45, 7) is 4.68. The molecule has 0 atom stereocenters. The number of benzene rings is 2. The van der Waals surface area contributed by atoms with Crippen molar-refractivity contribution in [3.05, 3.63) is 76.3 Å². The molecule has 0 unspecified atom stereocenters. The number of hydrogen-bond acceptors (Lipinski definition) is 4. The van der Waals surface area contributed by atoms with E-state index in [9.17, 15) is 4.79 Å². The van der Waals surface area contributed by atoms with Crippen LogP contribution in [0.25, 0.3) is 10.6 Å². The lowest BCUT2D eigenvalue weighted by Crippen LogP contribution is -2.51. The van der Waals surface area contributed by atoms with Crippen LogP contribution in [0.2, 0.25) is 5.02 Å². The van der Waals surface area contributed by atoms with Gasteiger partial charge in [-0.3, -0.25) is 4.90 Å². The molecule has 1 aliphatic heterocycles. The molecule has 1 fully saturated rings. The first-order valence-corrected chi connectivity index (χ1v) is 11.4. The highest BCUT2D eigenvalue weighted by Crippen LogP contribution is 2.25. The summed E-state index contributed by atoms with van der Waals surface area (Å²) in [5.74, 6) is 0. The molecular weight excluding hydrogens is 416 g/mol. The Kier molecular flexibility index (Phi) is 7.00. The van der Waals surface area contributed by atoms with Crippen molar-refractivity contribution in [1.82, 2.24) is 20.1 Å². The molecule has 0 aliphatic carbocycles. The van der Waals surface area contributed by atoms with Crippen LogP contribution in [0, 0.1) is 0 Å². The molecule has 0 bridgehead atoms. The Labute approximate surface area is 186 Å². The van der Waals surface area contributed by atoms with Gasteiger partial charge in [-0.2, -0.15) is 0 Å². The summed E-state index contributed by atoms with van der Waals surface area (Å²) in [7, 11) is 0. The SMILES string of the molecule is O=C(NCCc1ccccc1)N1CCN(Cc2csc(-c3ccc(Cl)cc3)n2)CC1. The molecule has 2 heterocycles. The molecule has 3 aromatic rings. The topological polar surface area (TPSA) is 48.5 Å². The van der Waals surface area contributed by atoms with E-state index in [1.54, 1.807) is 11.3 Å². The van der Waals surface area contributed by atoms with Crippen LogP contribution in [-0.4, -0.2) is 53.5 Å². The maximum Gasteiger partial charge on any atom is 0.317 e. The first-order chi connectivity index (χ1) is 14.7. The number of nitrogens with zero attached hydrogens (tertiary/aromatic N) is 3. The van der Waals surface area contributed by atoms with Crippen LogP contribution in [0.4, 0.5) is 4.79 Å². The van der Waals surface area contributed by atoms with E-state index in [2.05, 4.69) is 27.7 Å². The molecule has 2 aromatic carbocycles. The molecule has 1 aromatic heterocycles. The van der Waals surface area contributed by atoms with Gasteiger partial charge in [-0.15, -0.1) is 11.3 Å². The summed E-state index contributed by atoms with van der Waals surface area (Å²) >= 11 is 7.62. The van der Waals surface area contributed by atoms with Crippen molar-refractivity contribution in [2.45, 2.75) is 13.0 Å². The Morgan fingerprint density at radius 2 is 1.77 bits per heavy atom. The summed E-state index contributed by atoms with van der Waals surface area (Å²) < 4.78 is 0. The second kappa shape index (κ2) is 10.1. The van der Waals surface area contributed by atoms with E-state index < -0.39 is 0 Å². The number of amides is 2. The fourth-order valence-corrected chi connectivity index (χ4v) is 4.46. The van der Waals surface area contributed by atoms with Crippen molar-refractivity contribution in [2.24, 2.45) is 0 Å².